The van der Waals surface area contributed by atoms with E-state index in [2.05, 4.69) is 0 Å². The molecule has 27 heavy (non-hydrogen) atoms. The fourth-order valence-electron chi connectivity index (χ4n) is 3.90. The van der Waals surface area contributed by atoms with E-state index in [1.165, 1.54) is 49.8 Å². The van der Waals surface area contributed by atoms with Gasteiger partial charge in [-0.15, -0.1) is 0 Å². The summed E-state index contributed by atoms with van der Waals surface area (Å²) in [6, 6.07) is 7.34. The lowest BCUT2D eigenvalue weighted by atomic mass is 9.92. The van der Waals surface area contributed by atoms with E-state index in [1.807, 2.05) is 12.1 Å². The normalized spacial score (nSPS) is 19.3. The van der Waals surface area contributed by atoms with Crippen molar-refractivity contribution in [2.45, 2.75) is 44.9 Å². The molecule has 0 unspecified atom stereocenters. The Morgan fingerprint density at radius 1 is 0.889 bits per heavy atom. The SMILES string of the molecule is O=C(O)N1CCN(C(=O)c2ccc(OCC3CCCCCCC3)cc2)CC1. The van der Waals surface area contributed by atoms with Crippen molar-refractivity contribution in [2.75, 3.05) is 32.8 Å². The second kappa shape index (κ2) is 9.62. The summed E-state index contributed by atoms with van der Waals surface area (Å²) in [7, 11) is 0. The van der Waals surface area contributed by atoms with Gasteiger partial charge >= 0.3 is 6.09 Å². The molecule has 1 aromatic rings. The fraction of sp³-hybridized carbons (Fsp3) is 0.619. The molecule has 2 aliphatic rings. The Hall–Kier alpha value is -2.24. The quantitative estimate of drug-likeness (QED) is 0.869. The number of nitrogens with zero attached hydrogens (tertiary/aromatic N) is 2. The molecule has 1 heterocycles. The van der Waals surface area contributed by atoms with E-state index in [0.29, 0.717) is 37.7 Å². The van der Waals surface area contributed by atoms with E-state index in [-0.39, 0.29) is 5.91 Å². The van der Waals surface area contributed by atoms with Gasteiger partial charge in [-0.25, -0.2) is 4.79 Å². The summed E-state index contributed by atoms with van der Waals surface area (Å²) in [6.45, 7) is 2.36. The van der Waals surface area contributed by atoms with Crippen LogP contribution in [0.1, 0.15) is 55.3 Å². The van der Waals surface area contributed by atoms with E-state index in [4.69, 9.17) is 9.84 Å². The van der Waals surface area contributed by atoms with Crippen molar-refractivity contribution < 1.29 is 19.4 Å². The van der Waals surface area contributed by atoms with Crippen LogP contribution < -0.4 is 4.74 Å². The average Bonchev–Trinajstić information content (AvgIpc) is 2.67. The van der Waals surface area contributed by atoms with Gasteiger partial charge < -0.3 is 19.6 Å². The summed E-state index contributed by atoms with van der Waals surface area (Å²) in [6.07, 6.45) is 8.23. The maximum atomic E-state index is 12.6. The zero-order valence-electron chi connectivity index (χ0n) is 15.9. The van der Waals surface area contributed by atoms with E-state index >= 15 is 0 Å². The van der Waals surface area contributed by atoms with E-state index in [0.717, 1.165) is 12.4 Å². The van der Waals surface area contributed by atoms with Crippen LogP contribution in [0.25, 0.3) is 0 Å². The first-order valence-corrected chi connectivity index (χ1v) is 10.1. The van der Waals surface area contributed by atoms with Gasteiger partial charge in [0.2, 0.25) is 0 Å². The molecule has 1 aromatic carbocycles. The van der Waals surface area contributed by atoms with Gasteiger partial charge in [-0.1, -0.05) is 32.1 Å². The number of hydrogen-bond acceptors (Lipinski definition) is 3. The van der Waals surface area contributed by atoms with Crippen LogP contribution in [0.5, 0.6) is 5.75 Å². The molecule has 3 rings (SSSR count). The summed E-state index contributed by atoms with van der Waals surface area (Å²) in [5.74, 6) is 1.40. The molecule has 0 bridgehead atoms. The highest BCUT2D eigenvalue weighted by Crippen LogP contribution is 2.23. The van der Waals surface area contributed by atoms with Crippen molar-refractivity contribution in [1.29, 1.82) is 0 Å². The first kappa shape index (κ1) is 19.5. The number of carbonyl (C=O) groups excluding carboxylic acids is 1. The minimum atomic E-state index is -0.923. The number of rotatable bonds is 4. The molecule has 0 spiro atoms. The van der Waals surface area contributed by atoms with Gasteiger partial charge in [0.15, 0.2) is 0 Å². The topological polar surface area (TPSA) is 70.1 Å². The van der Waals surface area contributed by atoms with Gasteiger partial charge in [-0.05, 0) is 43.0 Å². The van der Waals surface area contributed by atoms with Gasteiger partial charge in [0, 0.05) is 31.7 Å². The van der Waals surface area contributed by atoms with Crippen LogP contribution in [-0.4, -0.2) is 59.7 Å². The van der Waals surface area contributed by atoms with Gasteiger partial charge in [-0.3, -0.25) is 4.79 Å². The van der Waals surface area contributed by atoms with Crippen LogP contribution in [0.4, 0.5) is 4.79 Å². The highest BCUT2D eigenvalue weighted by molar-refractivity contribution is 5.94. The Labute approximate surface area is 161 Å². The lowest BCUT2D eigenvalue weighted by Crippen LogP contribution is -2.50. The lowest BCUT2D eigenvalue weighted by molar-refractivity contribution is 0.0625. The van der Waals surface area contributed by atoms with Crippen molar-refractivity contribution >= 4 is 12.0 Å². The van der Waals surface area contributed by atoms with Crippen LogP contribution in [-0.2, 0) is 0 Å². The third kappa shape index (κ3) is 5.62. The number of benzene rings is 1. The third-order valence-electron chi connectivity index (χ3n) is 5.65. The van der Waals surface area contributed by atoms with Crippen LogP contribution in [0, 0.1) is 5.92 Å². The van der Waals surface area contributed by atoms with E-state index in [9.17, 15) is 9.59 Å². The maximum absolute atomic E-state index is 12.6. The number of piperazine rings is 1. The molecule has 1 aliphatic heterocycles. The molecule has 2 fully saturated rings. The minimum Gasteiger partial charge on any atom is -0.493 e. The fourth-order valence-corrected chi connectivity index (χ4v) is 3.90. The standard InChI is InChI=1S/C21H30N2O4/c24-20(22-12-14-23(15-13-22)21(25)26)18-8-10-19(11-9-18)27-16-17-6-4-2-1-3-5-7-17/h8-11,17H,1-7,12-16H2,(H,25,26). The minimum absolute atomic E-state index is 0.0494. The largest absolute Gasteiger partial charge is 0.493 e. The first-order chi connectivity index (χ1) is 13.1. The van der Waals surface area contributed by atoms with Crippen LogP contribution in [0.15, 0.2) is 24.3 Å². The average molecular weight is 374 g/mol. The van der Waals surface area contributed by atoms with Gasteiger partial charge in [0.05, 0.1) is 6.61 Å². The Kier molecular flexibility index (Phi) is 6.96. The predicted octanol–water partition coefficient (Wildman–Crippen LogP) is 3.86. The first-order valence-electron chi connectivity index (χ1n) is 10.1. The number of ether oxygens (including phenoxy) is 1. The molecule has 6 nitrogen and oxygen atoms in total. The molecular formula is C21H30N2O4. The summed E-state index contributed by atoms with van der Waals surface area (Å²) in [4.78, 5) is 26.6. The number of amides is 2. The molecule has 0 atom stereocenters. The van der Waals surface area contributed by atoms with Gasteiger partial charge in [0.1, 0.15) is 5.75 Å². The highest BCUT2D eigenvalue weighted by atomic mass is 16.5. The molecule has 148 valence electrons. The lowest BCUT2D eigenvalue weighted by Gasteiger charge is -2.33. The van der Waals surface area contributed by atoms with Gasteiger partial charge in [0.25, 0.3) is 5.91 Å². The Bertz CT molecular complexity index is 616. The summed E-state index contributed by atoms with van der Waals surface area (Å²) in [5.41, 5.74) is 0.622. The molecule has 1 aliphatic carbocycles. The van der Waals surface area contributed by atoms with Crippen LogP contribution in [0.2, 0.25) is 0 Å². The highest BCUT2D eigenvalue weighted by Gasteiger charge is 2.24. The Morgan fingerprint density at radius 2 is 1.44 bits per heavy atom. The van der Waals surface area contributed by atoms with Crippen molar-refractivity contribution in [3.63, 3.8) is 0 Å². The zero-order chi connectivity index (χ0) is 19.1. The number of carbonyl (C=O) groups is 2. The van der Waals surface area contributed by atoms with Crippen molar-refractivity contribution in [2.24, 2.45) is 5.92 Å². The summed E-state index contributed by atoms with van der Waals surface area (Å²) >= 11 is 0. The number of hydrogen-bond donors (Lipinski definition) is 1. The van der Waals surface area contributed by atoms with E-state index < -0.39 is 6.09 Å². The van der Waals surface area contributed by atoms with Crippen LogP contribution in [0.3, 0.4) is 0 Å². The maximum Gasteiger partial charge on any atom is 0.407 e. The van der Waals surface area contributed by atoms with E-state index in [1.54, 1.807) is 17.0 Å². The van der Waals surface area contributed by atoms with Crippen LogP contribution >= 0.6 is 0 Å². The molecule has 1 saturated carbocycles. The predicted molar refractivity (Wildman–Crippen MR) is 103 cm³/mol. The molecular weight excluding hydrogens is 344 g/mol. The molecule has 0 aromatic heterocycles. The second-order valence-corrected chi connectivity index (χ2v) is 7.61. The molecule has 1 N–H and O–H groups in total. The Balaban J connectivity index is 1.48. The van der Waals surface area contributed by atoms with Gasteiger partial charge in [-0.2, -0.15) is 0 Å². The second-order valence-electron chi connectivity index (χ2n) is 7.61. The molecule has 2 amide bonds. The third-order valence-corrected chi connectivity index (χ3v) is 5.65. The van der Waals surface area contributed by atoms with Crippen molar-refractivity contribution in [1.82, 2.24) is 9.80 Å². The monoisotopic (exact) mass is 374 g/mol. The smallest absolute Gasteiger partial charge is 0.407 e. The summed E-state index contributed by atoms with van der Waals surface area (Å²) < 4.78 is 5.97. The number of carboxylic acid groups (broad SMARTS) is 1. The Morgan fingerprint density at radius 3 is 2.04 bits per heavy atom. The molecule has 1 saturated heterocycles. The molecule has 6 heteroatoms. The van der Waals surface area contributed by atoms with Crippen molar-refractivity contribution in [3.8, 4) is 5.75 Å². The molecule has 0 radical (unpaired) electrons. The zero-order valence-corrected chi connectivity index (χ0v) is 15.9. The van der Waals surface area contributed by atoms with Crippen molar-refractivity contribution in [3.05, 3.63) is 29.8 Å². The summed E-state index contributed by atoms with van der Waals surface area (Å²) in [5, 5.41) is 8.99.